The second-order valence-electron chi connectivity index (χ2n) is 18.6. The predicted octanol–water partition coefficient (Wildman–Crippen LogP) is 5.45. The molecule has 6 heterocycles. The molecule has 0 spiro atoms. The van der Waals surface area contributed by atoms with E-state index in [4.69, 9.17) is 0 Å². The predicted molar refractivity (Wildman–Crippen MR) is 240 cm³/mol. The zero-order valence-electron chi connectivity index (χ0n) is 38.0. The van der Waals surface area contributed by atoms with E-state index < -0.39 is 58.8 Å². The van der Waals surface area contributed by atoms with E-state index in [1.807, 2.05) is 24.0 Å². The van der Waals surface area contributed by atoms with E-state index in [2.05, 4.69) is 78.0 Å². The molecule has 0 bridgehead atoms. The maximum atomic E-state index is 15.6. The van der Waals surface area contributed by atoms with E-state index in [0.29, 0.717) is 25.2 Å². The van der Waals surface area contributed by atoms with Crippen LogP contribution in [0.15, 0.2) is 67.0 Å². The molecule has 4 aliphatic rings. The fourth-order valence-corrected chi connectivity index (χ4v) is 9.56. The molecule has 0 aliphatic carbocycles. The smallest absolute Gasteiger partial charge is 0.367 e. The molecule has 2 aromatic heterocycles. The molecule has 5 aromatic rings. The van der Waals surface area contributed by atoms with Crippen molar-refractivity contribution in [2.45, 2.75) is 96.2 Å². The van der Waals surface area contributed by atoms with Crippen LogP contribution in [0.3, 0.4) is 0 Å². The van der Waals surface area contributed by atoms with Gasteiger partial charge in [0.25, 0.3) is 17.7 Å². The number of halogens is 4. The number of carbonyl (C=O) groups is 5. The molecule has 3 saturated heterocycles. The van der Waals surface area contributed by atoms with Gasteiger partial charge in [-0.2, -0.15) is 23.4 Å². The number of hydrogen-bond donors (Lipinski definition) is 3. The van der Waals surface area contributed by atoms with Crippen LogP contribution < -0.4 is 15.5 Å². The average Bonchev–Trinajstić information content (AvgIpc) is 4.05. The average molecular weight is 938 g/mol. The second kappa shape index (κ2) is 18.0. The number of anilines is 1. The van der Waals surface area contributed by atoms with Gasteiger partial charge in [0, 0.05) is 64.0 Å². The van der Waals surface area contributed by atoms with Crippen LogP contribution in [0.4, 0.5) is 23.2 Å². The standard InChI is InChI=1S/C48H51F4N11O5/c1-27-19-31(9-10-37(27)62-26-32(23-54-62)42(65)53-24-40-55-46(58-57-40)47(3,4)48(50,51)52)30-7-5-29(6-8-30)25-61-14-13-33(20-28(61)2)59-15-17-60(18-16-59)39-22-35-34(21-36(39)49)44(67)63(45(35)68)38-11-12-41(64)56-43(38)66/h5-10,19,21-23,26,28,33,38H,11-18,20,24-25H2,1-4H3,(H,53,65)(H,55,57,58)(H,56,64,66)/t28-,33-,38?/m0/s1. The van der Waals surface area contributed by atoms with Crippen LogP contribution >= 0.6 is 0 Å². The molecule has 3 N–H and O–H groups in total. The number of hydrogen-bond acceptors (Lipinski definition) is 11. The van der Waals surface area contributed by atoms with E-state index in [1.165, 1.54) is 17.8 Å². The number of benzene rings is 3. The van der Waals surface area contributed by atoms with E-state index in [0.717, 1.165) is 86.2 Å². The van der Waals surface area contributed by atoms with E-state index in [1.54, 1.807) is 10.9 Å². The first-order valence-corrected chi connectivity index (χ1v) is 22.7. The number of piperazine rings is 1. The monoisotopic (exact) mass is 937 g/mol. The number of piperidine rings is 2. The quantitative estimate of drug-likeness (QED) is 0.113. The number of aromatic amines is 1. The Balaban J connectivity index is 0.749. The number of H-pyrrole nitrogens is 1. The van der Waals surface area contributed by atoms with Crippen molar-refractivity contribution in [1.82, 2.24) is 50.3 Å². The third-order valence-corrected chi connectivity index (χ3v) is 13.8. The van der Waals surface area contributed by atoms with Gasteiger partial charge in [-0.15, -0.1) is 0 Å². The Morgan fingerprint density at radius 3 is 2.26 bits per heavy atom. The molecule has 356 valence electrons. The summed E-state index contributed by atoms with van der Waals surface area (Å²) in [5.41, 5.74) is 3.26. The molecule has 0 saturated carbocycles. The van der Waals surface area contributed by atoms with Gasteiger partial charge >= 0.3 is 6.18 Å². The molecule has 16 nitrogen and oxygen atoms in total. The molecule has 9 rings (SSSR count). The van der Waals surface area contributed by atoms with E-state index >= 15 is 4.39 Å². The van der Waals surface area contributed by atoms with Crippen LogP contribution in [0, 0.1) is 12.7 Å². The minimum atomic E-state index is -4.54. The van der Waals surface area contributed by atoms with E-state index in [-0.39, 0.29) is 47.6 Å². The number of nitrogens with one attached hydrogen (secondary N) is 3. The summed E-state index contributed by atoms with van der Waals surface area (Å²) >= 11 is 0. The molecule has 3 fully saturated rings. The second-order valence-corrected chi connectivity index (χ2v) is 18.6. The Morgan fingerprint density at radius 2 is 1.59 bits per heavy atom. The van der Waals surface area contributed by atoms with Crippen molar-refractivity contribution < 1.29 is 41.5 Å². The molecule has 3 aromatic carbocycles. The number of nitrogens with zero attached hydrogens (tertiary/aromatic N) is 8. The van der Waals surface area contributed by atoms with E-state index in [9.17, 15) is 37.1 Å². The van der Waals surface area contributed by atoms with Crippen molar-refractivity contribution in [2.75, 3.05) is 37.6 Å². The summed E-state index contributed by atoms with van der Waals surface area (Å²) in [6, 6.07) is 16.7. The van der Waals surface area contributed by atoms with Gasteiger partial charge in [0.1, 0.15) is 23.1 Å². The highest BCUT2D eigenvalue weighted by Crippen LogP contribution is 2.39. The number of imide groups is 2. The van der Waals surface area contributed by atoms with Gasteiger partial charge < -0.3 is 10.2 Å². The van der Waals surface area contributed by atoms with Crippen molar-refractivity contribution in [2.24, 2.45) is 0 Å². The van der Waals surface area contributed by atoms with Crippen LogP contribution in [-0.4, -0.2) is 126 Å². The number of likely N-dealkylation sites (tertiary alicyclic amines) is 1. The molecule has 3 atom stereocenters. The highest BCUT2D eigenvalue weighted by molar-refractivity contribution is 6.23. The lowest BCUT2D eigenvalue weighted by Gasteiger charge is -2.45. The number of fused-ring (bicyclic) bond motifs is 1. The number of rotatable bonds is 11. The van der Waals surface area contributed by atoms with Gasteiger partial charge in [-0.3, -0.25) is 49.1 Å². The third-order valence-electron chi connectivity index (χ3n) is 13.8. The summed E-state index contributed by atoms with van der Waals surface area (Å²) < 4.78 is 57.4. The lowest BCUT2D eigenvalue weighted by Crippen LogP contribution is -2.55. The molecule has 68 heavy (non-hydrogen) atoms. The van der Waals surface area contributed by atoms with Crippen LogP contribution in [0.5, 0.6) is 0 Å². The van der Waals surface area contributed by atoms with Crippen molar-refractivity contribution in [3.63, 3.8) is 0 Å². The molecule has 4 aliphatic heterocycles. The van der Waals surface area contributed by atoms with Crippen molar-refractivity contribution in [1.29, 1.82) is 0 Å². The van der Waals surface area contributed by atoms with Crippen LogP contribution in [0.1, 0.15) is 100 Å². The molecule has 0 radical (unpaired) electrons. The maximum absolute atomic E-state index is 15.6. The zero-order valence-corrected chi connectivity index (χ0v) is 38.0. The molecule has 20 heteroatoms. The normalized spacial score (nSPS) is 20.8. The number of alkyl halides is 3. The van der Waals surface area contributed by atoms with Gasteiger partial charge in [0.05, 0.1) is 40.8 Å². The van der Waals surface area contributed by atoms with Gasteiger partial charge in [-0.05, 0) is 93.5 Å². The Labute approximate surface area is 389 Å². The Kier molecular flexibility index (Phi) is 12.3. The Morgan fingerprint density at radius 1 is 0.882 bits per heavy atom. The SMILES string of the molecule is Cc1cc(-c2ccc(CN3CC[C@H](N4CCN(c5cc6c(cc5F)C(=O)N(C5CCC(=O)NC5=O)C6=O)CC4)C[C@@H]3C)cc2)ccc1-n1cc(C(=O)NCc2nc(C(C)(C)C(F)(F)F)n[nH]2)cn1. The largest absolute Gasteiger partial charge is 0.401 e. The first-order valence-electron chi connectivity index (χ1n) is 22.7. The van der Waals surface area contributed by atoms with Crippen LogP contribution in [-0.2, 0) is 28.1 Å². The topological polar surface area (TPSA) is 182 Å². The number of aryl methyl sites for hydroxylation is 1. The first-order chi connectivity index (χ1) is 32.4. The molecular weight excluding hydrogens is 887 g/mol. The third kappa shape index (κ3) is 8.89. The number of carbonyl (C=O) groups excluding carboxylic acids is 5. The fraction of sp³-hybridized carbons (Fsp3) is 0.417. The summed E-state index contributed by atoms with van der Waals surface area (Å²) in [5, 5.41) is 15.4. The van der Waals surface area contributed by atoms with Crippen molar-refractivity contribution in [3.05, 3.63) is 112 Å². The molecular formula is C48H51F4N11O5. The fourth-order valence-electron chi connectivity index (χ4n) is 9.56. The minimum Gasteiger partial charge on any atom is -0.367 e. The highest BCUT2D eigenvalue weighted by atomic mass is 19.4. The van der Waals surface area contributed by atoms with Crippen molar-refractivity contribution in [3.8, 4) is 16.8 Å². The lowest BCUT2D eigenvalue weighted by atomic mass is 9.92. The number of amides is 5. The van der Waals surface area contributed by atoms with Gasteiger partial charge in [0.15, 0.2) is 5.82 Å². The Hall–Kier alpha value is -6.80. The lowest BCUT2D eigenvalue weighted by molar-refractivity contribution is -0.182. The molecule has 5 amide bonds. The summed E-state index contributed by atoms with van der Waals surface area (Å²) in [6.07, 6.45) is 0.490. The van der Waals surface area contributed by atoms with Gasteiger partial charge in [-0.1, -0.05) is 30.3 Å². The summed E-state index contributed by atoms with van der Waals surface area (Å²) in [4.78, 5) is 75.2. The molecule has 1 unspecified atom stereocenters. The summed E-state index contributed by atoms with van der Waals surface area (Å²) in [6.45, 7) is 10.3. The number of aromatic nitrogens is 5. The minimum absolute atomic E-state index is 0.00623. The van der Waals surface area contributed by atoms with Gasteiger partial charge in [-0.25, -0.2) is 14.1 Å². The maximum Gasteiger partial charge on any atom is 0.401 e. The first kappa shape index (κ1) is 46.3. The van der Waals surface area contributed by atoms with Crippen LogP contribution in [0.2, 0.25) is 0 Å². The Bertz CT molecular complexity index is 2800. The van der Waals surface area contributed by atoms with Crippen LogP contribution in [0.25, 0.3) is 16.8 Å². The highest BCUT2D eigenvalue weighted by Gasteiger charge is 2.51. The zero-order chi connectivity index (χ0) is 48.2. The summed E-state index contributed by atoms with van der Waals surface area (Å²) in [7, 11) is 0. The van der Waals surface area contributed by atoms with Crippen molar-refractivity contribution >= 4 is 35.2 Å². The van der Waals surface area contributed by atoms with Gasteiger partial charge in [0.2, 0.25) is 11.8 Å². The summed E-state index contributed by atoms with van der Waals surface area (Å²) in [5.74, 6) is -3.93.